The van der Waals surface area contributed by atoms with E-state index in [1.807, 2.05) is 13.8 Å². The number of hydrogen-bond acceptors (Lipinski definition) is 3. The molecule has 0 saturated heterocycles. The fourth-order valence-electron chi connectivity index (χ4n) is 1.38. The Morgan fingerprint density at radius 2 is 2.18 bits per heavy atom. The zero-order valence-electron chi connectivity index (χ0n) is 10.2. The van der Waals surface area contributed by atoms with E-state index < -0.39 is 0 Å². The molecule has 0 aliphatic heterocycles. The Labute approximate surface area is 107 Å². The SMILES string of the molecule is CC(C)(CO)NCCC(=O)c1cccc(Cl)c1. The van der Waals surface area contributed by atoms with Crippen LogP contribution >= 0.6 is 11.6 Å². The molecule has 94 valence electrons. The van der Waals surface area contributed by atoms with Gasteiger partial charge in [-0.3, -0.25) is 4.79 Å². The zero-order valence-corrected chi connectivity index (χ0v) is 10.9. The van der Waals surface area contributed by atoms with E-state index in [1.165, 1.54) is 0 Å². The quantitative estimate of drug-likeness (QED) is 0.767. The summed E-state index contributed by atoms with van der Waals surface area (Å²) < 4.78 is 0. The molecule has 0 atom stereocenters. The van der Waals surface area contributed by atoms with Crippen LogP contribution in [0.1, 0.15) is 30.6 Å². The minimum absolute atomic E-state index is 0.0400. The maximum Gasteiger partial charge on any atom is 0.164 e. The molecule has 0 saturated carbocycles. The van der Waals surface area contributed by atoms with Crippen LogP contribution in [-0.4, -0.2) is 29.6 Å². The third kappa shape index (κ3) is 4.86. The van der Waals surface area contributed by atoms with Crippen molar-refractivity contribution in [2.75, 3.05) is 13.2 Å². The molecule has 0 fully saturated rings. The van der Waals surface area contributed by atoms with Gasteiger partial charge in [-0.05, 0) is 26.0 Å². The van der Waals surface area contributed by atoms with Crippen molar-refractivity contribution in [1.82, 2.24) is 5.32 Å². The summed E-state index contributed by atoms with van der Waals surface area (Å²) in [6.45, 7) is 4.35. The monoisotopic (exact) mass is 255 g/mol. The van der Waals surface area contributed by atoms with Crippen LogP contribution in [0.3, 0.4) is 0 Å². The first-order valence-electron chi connectivity index (χ1n) is 5.59. The van der Waals surface area contributed by atoms with E-state index in [-0.39, 0.29) is 17.9 Å². The third-order valence-corrected chi connectivity index (χ3v) is 2.73. The molecule has 1 rings (SSSR count). The molecule has 0 spiro atoms. The zero-order chi connectivity index (χ0) is 12.9. The molecule has 0 radical (unpaired) electrons. The van der Waals surface area contributed by atoms with Crippen molar-refractivity contribution in [3.8, 4) is 0 Å². The molecule has 0 unspecified atom stereocenters. The van der Waals surface area contributed by atoms with Gasteiger partial charge in [0, 0.05) is 29.1 Å². The molecule has 1 aromatic rings. The van der Waals surface area contributed by atoms with Gasteiger partial charge in [-0.1, -0.05) is 23.7 Å². The van der Waals surface area contributed by atoms with E-state index in [1.54, 1.807) is 24.3 Å². The van der Waals surface area contributed by atoms with Crippen molar-refractivity contribution in [3.05, 3.63) is 34.9 Å². The van der Waals surface area contributed by atoms with Crippen LogP contribution in [0.5, 0.6) is 0 Å². The van der Waals surface area contributed by atoms with Crippen molar-refractivity contribution in [2.24, 2.45) is 0 Å². The molecule has 2 N–H and O–H groups in total. The smallest absolute Gasteiger partial charge is 0.164 e. The standard InChI is InChI=1S/C13H18ClNO2/c1-13(2,9-16)15-7-6-12(17)10-4-3-5-11(14)8-10/h3-5,8,15-16H,6-7,9H2,1-2H3. The average molecular weight is 256 g/mol. The summed E-state index contributed by atoms with van der Waals surface area (Å²) in [5.74, 6) is 0.0498. The third-order valence-electron chi connectivity index (χ3n) is 2.50. The van der Waals surface area contributed by atoms with Crippen LogP contribution in [0, 0.1) is 0 Å². The summed E-state index contributed by atoms with van der Waals surface area (Å²) >= 11 is 5.82. The Morgan fingerprint density at radius 3 is 2.76 bits per heavy atom. The number of rotatable bonds is 6. The fraction of sp³-hybridized carbons (Fsp3) is 0.462. The molecule has 3 nitrogen and oxygen atoms in total. The van der Waals surface area contributed by atoms with E-state index in [2.05, 4.69) is 5.32 Å². The number of nitrogens with one attached hydrogen (secondary N) is 1. The highest BCUT2D eigenvalue weighted by Gasteiger charge is 2.15. The highest BCUT2D eigenvalue weighted by Crippen LogP contribution is 2.12. The van der Waals surface area contributed by atoms with Gasteiger partial charge in [-0.2, -0.15) is 0 Å². The predicted octanol–water partition coefficient (Wildman–Crippen LogP) is 2.27. The van der Waals surface area contributed by atoms with Crippen LogP contribution in [0.15, 0.2) is 24.3 Å². The highest BCUT2D eigenvalue weighted by molar-refractivity contribution is 6.31. The van der Waals surface area contributed by atoms with Gasteiger partial charge in [0.25, 0.3) is 0 Å². The van der Waals surface area contributed by atoms with E-state index in [0.717, 1.165) is 0 Å². The van der Waals surface area contributed by atoms with E-state index in [9.17, 15) is 4.79 Å². The first-order chi connectivity index (χ1) is 7.94. The molecule has 0 aliphatic carbocycles. The lowest BCUT2D eigenvalue weighted by atomic mass is 10.1. The largest absolute Gasteiger partial charge is 0.394 e. The minimum atomic E-state index is -0.353. The Kier molecular flexibility index (Phi) is 5.12. The van der Waals surface area contributed by atoms with E-state index >= 15 is 0 Å². The second-order valence-electron chi connectivity index (χ2n) is 4.65. The summed E-state index contributed by atoms with van der Waals surface area (Å²) in [7, 11) is 0. The molecule has 0 aromatic heterocycles. The van der Waals surface area contributed by atoms with Gasteiger partial charge in [-0.25, -0.2) is 0 Å². The minimum Gasteiger partial charge on any atom is -0.394 e. The Balaban J connectivity index is 2.46. The van der Waals surface area contributed by atoms with Gasteiger partial charge in [-0.15, -0.1) is 0 Å². The van der Waals surface area contributed by atoms with Crippen molar-refractivity contribution < 1.29 is 9.90 Å². The lowest BCUT2D eigenvalue weighted by Gasteiger charge is -2.23. The van der Waals surface area contributed by atoms with Crippen LogP contribution < -0.4 is 5.32 Å². The topological polar surface area (TPSA) is 49.3 Å². The van der Waals surface area contributed by atoms with Gasteiger partial charge in [0.15, 0.2) is 5.78 Å². The summed E-state index contributed by atoms with van der Waals surface area (Å²) in [4.78, 5) is 11.8. The van der Waals surface area contributed by atoms with Gasteiger partial charge < -0.3 is 10.4 Å². The number of carbonyl (C=O) groups excluding carboxylic acids is 1. The Hall–Kier alpha value is -0.900. The number of aliphatic hydroxyl groups is 1. The lowest BCUT2D eigenvalue weighted by Crippen LogP contribution is -2.43. The second kappa shape index (κ2) is 6.15. The van der Waals surface area contributed by atoms with Crippen molar-refractivity contribution in [3.63, 3.8) is 0 Å². The lowest BCUT2D eigenvalue weighted by molar-refractivity contribution is 0.0976. The molecule has 0 amide bonds. The molecule has 0 aliphatic rings. The number of benzene rings is 1. The maximum absolute atomic E-state index is 11.8. The van der Waals surface area contributed by atoms with Crippen molar-refractivity contribution in [1.29, 1.82) is 0 Å². The molecule has 1 aromatic carbocycles. The van der Waals surface area contributed by atoms with E-state index in [0.29, 0.717) is 23.6 Å². The first kappa shape index (κ1) is 14.2. The van der Waals surface area contributed by atoms with Crippen LogP contribution in [0.4, 0.5) is 0 Å². The molecule has 17 heavy (non-hydrogen) atoms. The summed E-state index contributed by atoms with van der Waals surface area (Å²) in [6, 6.07) is 6.93. The van der Waals surface area contributed by atoms with Gasteiger partial charge >= 0.3 is 0 Å². The molecule has 0 bridgehead atoms. The van der Waals surface area contributed by atoms with Crippen LogP contribution in [0.25, 0.3) is 0 Å². The molecule has 4 heteroatoms. The number of halogens is 1. The summed E-state index contributed by atoms with van der Waals surface area (Å²) in [5, 5.41) is 12.7. The summed E-state index contributed by atoms with van der Waals surface area (Å²) in [6.07, 6.45) is 0.393. The molecule has 0 heterocycles. The van der Waals surface area contributed by atoms with Crippen LogP contribution in [-0.2, 0) is 0 Å². The first-order valence-corrected chi connectivity index (χ1v) is 5.97. The molecular formula is C13H18ClNO2. The highest BCUT2D eigenvalue weighted by atomic mass is 35.5. The Morgan fingerprint density at radius 1 is 1.47 bits per heavy atom. The number of carbonyl (C=O) groups is 1. The van der Waals surface area contributed by atoms with Crippen molar-refractivity contribution >= 4 is 17.4 Å². The predicted molar refractivity (Wildman–Crippen MR) is 69.6 cm³/mol. The normalized spacial score (nSPS) is 11.5. The van der Waals surface area contributed by atoms with Crippen LogP contribution in [0.2, 0.25) is 5.02 Å². The second-order valence-corrected chi connectivity index (χ2v) is 5.09. The van der Waals surface area contributed by atoms with Crippen molar-refractivity contribution in [2.45, 2.75) is 25.8 Å². The Bertz CT molecular complexity index is 391. The number of Topliss-reactive ketones (excluding diaryl/α,β-unsaturated/α-hetero) is 1. The van der Waals surface area contributed by atoms with Gasteiger partial charge in [0.1, 0.15) is 0 Å². The molecular weight excluding hydrogens is 238 g/mol. The number of aliphatic hydroxyl groups excluding tert-OH is 1. The number of hydrogen-bond donors (Lipinski definition) is 2. The van der Waals surface area contributed by atoms with Gasteiger partial charge in [0.05, 0.1) is 6.61 Å². The fourth-order valence-corrected chi connectivity index (χ4v) is 1.57. The van der Waals surface area contributed by atoms with E-state index in [4.69, 9.17) is 16.7 Å². The maximum atomic E-state index is 11.8. The summed E-state index contributed by atoms with van der Waals surface area (Å²) in [5.41, 5.74) is 0.273. The number of ketones is 1. The average Bonchev–Trinajstić information content (AvgIpc) is 2.28. The van der Waals surface area contributed by atoms with Gasteiger partial charge in [0.2, 0.25) is 0 Å².